The summed E-state index contributed by atoms with van der Waals surface area (Å²) in [5.74, 6) is 0. The zero-order valence-corrected chi connectivity index (χ0v) is 10.4. The summed E-state index contributed by atoms with van der Waals surface area (Å²) in [6.45, 7) is 14.8. The first kappa shape index (κ1) is 12.0. The van der Waals surface area contributed by atoms with Crippen LogP contribution in [0, 0.1) is 10.8 Å². The van der Waals surface area contributed by atoms with E-state index in [-0.39, 0.29) is 11.5 Å². The normalized spacial score (nSPS) is 25.3. The Morgan fingerprint density at radius 3 is 2.29 bits per heavy atom. The lowest BCUT2D eigenvalue weighted by Crippen LogP contribution is -2.45. The smallest absolute Gasteiger partial charge is 0.0217 e. The maximum Gasteiger partial charge on any atom is 0.0217 e. The molecule has 1 unspecified atom stereocenters. The Balaban J connectivity index is 2.40. The van der Waals surface area contributed by atoms with Crippen LogP contribution < -0.4 is 5.73 Å². The van der Waals surface area contributed by atoms with Gasteiger partial charge in [-0.25, -0.2) is 0 Å². The summed E-state index contributed by atoms with van der Waals surface area (Å²) in [4.78, 5) is 2.51. The van der Waals surface area contributed by atoms with Crippen molar-refractivity contribution >= 4 is 0 Å². The molecule has 0 saturated carbocycles. The van der Waals surface area contributed by atoms with Gasteiger partial charge in [0.25, 0.3) is 0 Å². The molecule has 0 aliphatic carbocycles. The Hall–Kier alpha value is -0.0800. The zero-order chi connectivity index (χ0) is 11.0. The van der Waals surface area contributed by atoms with Crippen molar-refractivity contribution < 1.29 is 0 Å². The first-order chi connectivity index (χ1) is 6.21. The molecule has 1 heterocycles. The maximum atomic E-state index is 6.18. The molecule has 1 rings (SSSR count). The van der Waals surface area contributed by atoms with E-state index in [0.717, 1.165) is 6.54 Å². The molecule has 0 bridgehead atoms. The Morgan fingerprint density at radius 2 is 1.93 bits per heavy atom. The second-order valence-corrected chi connectivity index (χ2v) is 6.62. The van der Waals surface area contributed by atoms with Gasteiger partial charge in [0, 0.05) is 19.1 Å². The molecule has 0 radical (unpaired) electrons. The number of nitrogens with zero attached hydrogens (tertiary/aromatic N) is 1. The van der Waals surface area contributed by atoms with Crippen LogP contribution in [0.5, 0.6) is 0 Å². The first-order valence-corrected chi connectivity index (χ1v) is 5.69. The molecule has 1 fully saturated rings. The summed E-state index contributed by atoms with van der Waals surface area (Å²) in [7, 11) is 0. The van der Waals surface area contributed by atoms with Crippen molar-refractivity contribution in [2.75, 3.05) is 19.6 Å². The van der Waals surface area contributed by atoms with Crippen molar-refractivity contribution in [3.63, 3.8) is 0 Å². The second-order valence-electron chi connectivity index (χ2n) is 6.62. The summed E-state index contributed by atoms with van der Waals surface area (Å²) in [6, 6.07) is 0.288. The Bertz CT molecular complexity index is 191. The van der Waals surface area contributed by atoms with E-state index in [0.29, 0.717) is 5.41 Å². The van der Waals surface area contributed by atoms with Crippen LogP contribution in [0.4, 0.5) is 0 Å². The second kappa shape index (κ2) is 3.82. The molecular formula is C12H26N2. The van der Waals surface area contributed by atoms with E-state index in [1.54, 1.807) is 0 Å². The molecule has 0 amide bonds. The van der Waals surface area contributed by atoms with Crippen molar-refractivity contribution in [3.8, 4) is 0 Å². The van der Waals surface area contributed by atoms with Gasteiger partial charge in [-0.3, -0.25) is 0 Å². The first-order valence-electron chi connectivity index (χ1n) is 5.69. The maximum absolute atomic E-state index is 6.18. The Morgan fingerprint density at radius 1 is 1.36 bits per heavy atom. The molecule has 0 spiro atoms. The molecule has 2 nitrogen and oxygen atoms in total. The van der Waals surface area contributed by atoms with E-state index in [1.807, 2.05) is 0 Å². The minimum Gasteiger partial charge on any atom is -0.326 e. The average Bonchev–Trinajstić information content (AvgIpc) is 2.28. The largest absolute Gasteiger partial charge is 0.326 e. The highest BCUT2D eigenvalue weighted by atomic mass is 15.2. The van der Waals surface area contributed by atoms with Gasteiger partial charge in [0.1, 0.15) is 0 Å². The van der Waals surface area contributed by atoms with Crippen LogP contribution >= 0.6 is 0 Å². The molecule has 0 aromatic heterocycles. The monoisotopic (exact) mass is 198 g/mol. The molecule has 1 aliphatic rings. The molecule has 1 aliphatic heterocycles. The van der Waals surface area contributed by atoms with Crippen molar-refractivity contribution in [3.05, 3.63) is 0 Å². The van der Waals surface area contributed by atoms with E-state index in [9.17, 15) is 0 Å². The number of nitrogens with two attached hydrogens (primary N) is 1. The molecule has 2 heteroatoms. The van der Waals surface area contributed by atoms with E-state index >= 15 is 0 Å². The highest BCUT2D eigenvalue weighted by molar-refractivity contribution is 4.87. The Labute approximate surface area is 88.8 Å². The zero-order valence-electron chi connectivity index (χ0n) is 10.4. The molecule has 1 saturated heterocycles. The molecule has 1 atom stereocenters. The van der Waals surface area contributed by atoms with E-state index < -0.39 is 0 Å². The van der Waals surface area contributed by atoms with Crippen LogP contribution in [0.2, 0.25) is 0 Å². The van der Waals surface area contributed by atoms with Crippen LogP contribution in [-0.4, -0.2) is 30.6 Å². The number of hydrogen-bond acceptors (Lipinski definition) is 2. The molecule has 0 aromatic rings. The lowest BCUT2D eigenvalue weighted by Gasteiger charge is -2.31. The fourth-order valence-corrected chi connectivity index (χ4v) is 1.93. The third-order valence-electron chi connectivity index (χ3n) is 3.32. The quantitative estimate of drug-likeness (QED) is 0.736. The van der Waals surface area contributed by atoms with Crippen molar-refractivity contribution in [2.24, 2.45) is 16.6 Å². The summed E-state index contributed by atoms with van der Waals surface area (Å²) < 4.78 is 0. The van der Waals surface area contributed by atoms with Gasteiger partial charge in [-0.15, -0.1) is 0 Å². The van der Waals surface area contributed by atoms with Crippen LogP contribution in [0.15, 0.2) is 0 Å². The van der Waals surface area contributed by atoms with Gasteiger partial charge in [-0.2, -0.15) is 0 Å². The van der Waals surface area contributed by atoms with Gasteiger partial charge >= 0.3 is 0 Å². The van der Waals surface area contributed by atoms with Gasteiger partial charge in [0.05, 0.1) is 0 Å². The van der Waals surface area contributed by atoms with Gasteiger partial charge in [0.15, 0.2) is 0 Å². The van der Waals surface area contributed by atoms with E-state index in [1.165, 1.54) is 19.5 Å². The lowest BCUT2D eigenvalue weighted by molar-refractivity contribution is 0.212. The van der Waals surface area contributed by atoms with Crippen LogP contribution in [-0.2, 0) is 0 Å². The van der Waals surface area contributed by atoms with Crippen molar-refractivity contribution in [1.29, 1.82) is 0 Å². The van der Waals surface area contributed by atoms with Crippen LogP contribution in [0.1, 0.15) is 41.0 Å². The Kier molecular flexibility index (Phi) is 3.27. The molecule has 14 heavy (non-hydrogen) atoms. The van der Waals surface area contributed by atoms with Gasteiger partial charge in [-0.05, 0) is 23.8 Å². The summed E-state index contributed by atoms with van der Waals surface area (Å²) in [6.07, 6.45) is 1.31. The standard InChI is InChI=1S/C12H26N2/c1-11(2,3)10(13)8-14-7-6-12(4,5)9-14/h10H,6-9,13H2,1-5H3. The molecule has 2 N–H and O–H groups in total. The number of likely N-dealkylation sites (tertiary alicyclic amines) is 1. The van der Waals surface area contributed by atoms with E-state index in [4.69, 9.17) is 5.73 Å². The minimum atomic E-state index is 0.229. The average molecular weight is 198 g/mol. The SMILES string of the molecule is CC1(C)CCN(CC(N)C(C)(C)C)C1. The highest BCUT2D eigenvalue weighted by Crippen LogP contribution is 2.29. The number of rotatable bonds is 2. The molecule has 0 aromatic carbocycles. The summed E-state index contributed by atoms with van der Waals surface area (Å²) in [5, 5.41) is 0. The topological polar surface area (TPSA) is 29.3 Å². The van der Waals surface area contributed by atoms with Crippen LogP contribution in [0.3, 0.4) is 0 Å². The minimum absolute atomic E-state index is 0.229. The third-order valence-corrected chi connectivity index (χ3v) is 3.32. The van der Waals surface area contributed by atoms with Gasteiger partial charge in [-0.1, -0.05) is 34.6 Å². The van der Waals surface area contributed by atoms with Gasteiger partial charge < -0.3 is 10.6 Å². The lowest BCUT2D eigenvalue weighted by atomic mass is 9.87. The summed E-state index contributed by atoms with van der Waals surface area (Å²) in [5.41, 5.74) is 6.90. The predicted octanol–water partition coefficient (Wildman–Crippen LogP) is 2.09. The fourth-order valence-electron chi connectivity index (χ4n) is 1.93. The van der Waals surface area contributed by atoms with E-state index in [2.05, 4.69) is 39.5 Å². The van der Waals surface area contributed by atoms with Crippen molar-refractivity contribution in [1.82, 2.24) is 4.90 Å². The third kappa shape index (κ3) is 3.25. The number of hydrogen-bond donors (Lipinski definition) is 1. The van der Waals surface area contributed by atoms with Gasteiger partial charge in [0.2, 0.25) is 0 Å². The van der Waals surface area contributed by atoms with Crippen molar-refractivity contribution in [2.45, 2.75) is 47.1 Å². The predicted molar refractivity (Wildman–Crippen MR) is 62.3 cm³/mol. The van der Waals surface area contributed by atoms with Crippen LogP contribution in [0.25, 0.3) is 0 Å². The molecular weight excluding hydrogens is 172 g/mol. The molecule has 84 valence electrons. The highest BCUT2D eigenvalue weighted by Gasteiger charge is 2.31. The summed E-state index contributed by atoms with van der Waals surface area (Å²) >= 11 is 0. The fraction of sp³-hybridized carbons (Fsp3) is 1.00.